The van der Waals surface area contributed by atoms with Crippen molar-refractivity contribution in [2.45, 2.75) is 12.8 Å². The first-order valence-electron chi connectivity index (χ1n) is 4.94. The third kappa shape index (κ3) is 4.75. The van der Waals surface area contributed by atoms with Crippen molar-refractivity contribution in [2.24, 2.45) is 0 Å². The maximum absolute atomic E-state index is 11.8. The Morgan fingerprint density at radius 1 is 1.38 bits per heavy atom. The molecule has 0 aliphatic carbocycles. The molecule has 0 heterocycles. The van der Waals surface area contributed by atoms with E-state index in [1.54, 1.807) is 12.1 Å². The van der Waals surface area contributed by atoms with Gasteiger partial charge >= 0.3 is 0 Å². The van der Waals surface area contributed by atoms with Gasteiger partial charge in [-0.1, -0.05) is 34.2 Å². The number of hydrogen-bond donors (Lipinski definition) is 1. The Hall–Kier alpha value is 0.440. The Labute approximate surface area is 128 Å². The van der Waals surface area contributed by atoms with Crippen LogP contribution in [-0.2, 0) is 0 Å². The molecule has 1 rings (SSSR count). The molecule has 1 N–H and O–H groups in total. The Kier molecular flexibility index (Phi) is 6.98. The van der Waals surface area contributed by atoms with Gasteiger partial charge in [0.15, 0.2) is 0 Å². The summed E-state index contributed by atoms with van der Waals surface area (Å²) in [6, 6.07) is 5.34. The van der Waals surface area contributed by atoms with Crippen molar-refractivity contribution in [3.05, 3.63) is 32.4 Å². The van der Waals surface area contributed by atoms with E-state index in [1.165, 1.54) is 0 Å². The standard InChI is InChI=1S/C11H12ClI2NO/c12-8-3-4-10(14)9(7-8)11(16)15-6-2-1-5-13/h3-4,7H,1-2,5-6H2,(H,15,16). The zero-order valence-electron chi connectivity index (χ0n) is 8.60. The van der Waals surface area contributed by atoms with Gasteiger partial charge in [0, 0.05) is 15.1 Å². The molecule has 0 aromatic heterocycles. The number of carbonyl (C=O) groups excluding carboxylic acids is 1. The predicted molar refractivity (Wildman–Crippen MR) is 84.6 cm³/mol. The van der Waals surface area contributed by atoms with E-state index in [2.05, 4.69) is 50.5 Å². The van der Waals surface area contributed by atoms with Crippen LogP contribution < -0.4 is 5.32 Å². The van der Waals surface area contributed by atoms with Crippen molar-refractivity contribution in [1.29, 1.82) is 0 Å². The molecule has 2 nitrogen and oxygen atoms in total. The van der Waals surface area contributed by atoms with Crippen LogP contribution in [0.4, 0.5) is 0 Å². The van der Waals surface area contributed by atoms with Crippen LogP contribution in [0.2, 0.25) is 5.02 Å². The second-order valence-corrected chi connectivity index (χ2v) is 5.95. The number of hydrogen-bond acceptors (Lipinski definition) is 1. The molecule has 0 radical (unpaired) electrons. The third-order valence-corrected chi connectivity index (χ3v) is 3.96. The van der Waals surface area contributed by atoms with Crippen molar-refractivity contribution >= 4 is 62.7 Å². The second kappa shape index (κ2) is 7.71. The van der Waals surface area contributed by atoms with E-state index in [9.17, 15) is 4.79 Å². The summed E-state index contributed by atoms with van der Waals surface area (Å²) in [6.45, 7) is 0.727. The van der Waals surface area contributed by atoms with Crippen LogP contribution >= 0.6 is 56.8 Å². The summed E-state index contributed by atoms with van der Waals surface area (Å²) in [7, 11) is 0. The smallest absolute Gasteiger partial charge is 0.252 e. The van der Waals surface area contributed by atoms with Gasteiger partial charge in [-0.3, -0.25) is 4.79 Å². The number of carbonyl (C=O) groups is 1. The van der Waals surface area contributed by atoms with Crippen LogP contribution in [0.1, 0.15) is 23.2 Å². The molecule has 88 valence electrons. The fourth-order valence-corrected chi connectivity index (χ4v) is 2.48. The minimum Gasteiger partial charge on any atom is -0.352 e. The molecule has 0 atom stereocenters. The van der Waals surface area contributed by atoms with Crippen LogP contribution in [0.25, 0.3) is 0 Å². The largest absolute Gasteiger partial charge is 0.352 e. The van der Waals surface area contributed by atoms with Crippen LogP contribution in [0, 0.1) is 3.57 Å². The number of alkyl halides is 1. The van der Waals surface area contributed by atoms with Gasteiger partial charge < -0.3 is 5.32 Å². The minimum absolute atomic E-state index is 0.0413. The van der Waals surface area contributed by atoms with Crippen molar-refractivity contribution < 1.29 is 4.79 Å². The molecule has 5 heteroatoms. The first-order valence-corrected chi connectivity index (χ1v) is 7.92. The van der Waals surface area contributed by atoms with Gasteiger partial charge in [-0.15, -0.1) is 0 Å². The summed E-state index contributed by atoms with van der Waals surface area (Å²) in [5.41, 5.74) is 0.655. The Morgan fingerprint density at radius 2 is 2.12 bits per heavy atom. The molecular formula is C11H12ClI2NO. The molecule has 0 saturated carbocycles. The number of rotatable bonds is 5. The highest BCUT2D eigenvalue weighted by Gasteiger charge is 2.09. The molecule has 1 aromatic carbocycles. The lowest BCUT2D eigenvalue weighted by Crippen LogP contribution is -2.25. The van der Waals surface area contributed by atoms with Crippen LogP contribution in [0.15, 0.2) is 18.2 Å². The van der Waals surface area contributed by atoms with E-state index in [-0.39, 0.29) is 5.91 Å². The highest BCUT2D eigenvalue weighted by Crippen LogP contribution is 2.17. The maximum Gasteiger partial charge on any atom is 0.252 e. The molecule has 1 aromatic rings. The molecule has 0 bridgehead atoms. The maximum atomic E-state index is 11.8. The molecule has 16 heavy (non-hydrogen) atoms. The SMILES string of the molecule is O=C(NCCCCI)c1cc(Cl)ccc1I. The summed E-state index contributed by atoms with van der Waals surface area (Å²) in [4.78, 5) is 11.8. The monoisotopic (exact) mass is 463 g/mol. The average molecular weight is 463 g/mol. The lowest BCUT2D eigenvalue weighted by atomic mass is 10.2. The lowest BCUT2D eigenvalue weighted by molar-refractivity contribution is 0.0952. The number of amides is 1. The lowest BCUT2D eigenvalue weighted by Gasteiger charge is -2.06. The topological polar surface area (TPSA) is 29.1 Å². The quantitative estimate of drug-likeness (QED) is 0.401. The van der Waals surface area contributed by atoms with Crippen LogP contribution in [0.3, 0.4) is 0 Å². The van der Waals surface area contributed by atoms with E-state index in [1.807, 2.05) is 6.07 Å². The molecule has 0 unspecified atom stereocenters. The summed E-state index contributed by atoms with van der Waals surface area (Å²) in [5.74, 6) is -0.0413. The van der Waals surface area contributed by atoms with E-state index in [0.717, 1.165) is 27.4 Å². The van der Waals surface area contributed by atoms with Gasteiger partial charge in [0.1, 0.15) is 0 Å². The molecule has 1 amide bonds. The van der Waals surface area contributed by atoms with E-state index >= 15 is 0 Å². The Bertz CT molecular complexity index is 371. The third-order valence-electron chi connectivity index (χ3n) is 2.02. The fraction of sp³-hybridized carbons (Fsp3) is 0.364. The first-order chi connectivity index (χ1) is 7.65. The fourth-order valence-electron chi connectivity index (χ4n) is 1.19. The number of halogens is 3. The minimum atomic E-state index is -0.0413. The molecular weight excluding hydrogens is 451 g/mol. The Balaban J connectivity index is 2.55. The van der Waals surface area contributed by atoms with Gasteiger partial charge in [-0.25, -0.2) is 0 Å². The summed E-state index contributed by atoms with van der Waals surface area (Å²) < 4.78 is 2.05. The van der Waals surface area contributed by atoms with Gasteiger partial charge in [-0.05, 0) is 58.1 Å². The molecule has 0 aliphatic heterocycles. The summed E-state index contributed by atoms with van der Waals surface area (Å²) >= 11 is 10.3. The average Bonchev–Trinajstić information content (AvgIpc) is 2.27. The molecule has 0 aliphatic rings. The van der Waals surface area contributed by atoms with E-state index in [4.69, 9.17) is 11.6 Å². The predicted octanol–water partition coefficient (Wildman–Crippen LogP) is 3.89. The first kappa shape index (κ1) is 14.5. The summed E-state index contributed by atoms with van der Waals surface area (Å²) in [6.07, 6.45) is 2.15. The second-order valence-electron chi connectivity index (χ2n) is 3.28. The highest BCUT2D eigenvalue weighted by atomic mass is 127. The summed E-state index contributed by atoms with van der Waals surface area (Å²) in [5, 5.41) is 3.49. The molecule has 0 saturated heterocycles. The van der Waals surface area contributed by atoms with Crippen molar-refractivity contribution in [2.75, 3.05) is 11.0 Å². The van der Waals surface area contributed by atoms with Crippen molar-refractivity contribution in [1.82, 2.24) is 5.32 Å². The zero-order valence-corrected chi connectivity index (χ0v) is 13.7. The Morgan fingerprint density at radius 3 is 2.81 bits per heavy atom. The molecule has 0 fully saturated rings. The number of unbranched alkanes of at least 4 members (excludes halogenated alkanes) is 1. The van der Waals surface area contributed by atoms with Gasteiger partial charge in [0.05, 0.1) is 5.56 Å². The normalized spacial score (nSPS) is 10.2. The number of benzene rings is 1. The van der Waals surface area contributed by atoms with Crippen molar-refractivity contribution in [3.63, 3.8) is 0 Å². The van der Waals surface area contributed by atoms with Gasteiger partial charge in [-0.2, -0.15) is 0 Å². The van der Waals surface area contributed by atoms with E-state index in [0.29, 0.717) is 10.6 Å². The highest BCUT2D eigenvalue weighted by molar-refractivity contribution is 14.1. The van der Waals surface area contributed by atoms with E-state index < -0.39 is 0 Å². The van der Waals surface area contributed by atoms with Crippen molar-refractivity contribution in [3.8, 4) is 0 Å². The number of nitrogens with one attached hydrogen (secondary N) is 1. The molecule has 0 spiro atoms. The van der Waals surface area contributed by atoms with Crippen LogP contribution in [-0.4, -0.2) is 16.9 Å². The van der Waals surface area contributed by atoms with Gasteiger partial charge in [0.2, 0.25) is 0 Å². The van der Waals surface area contributed by atoms with Gasteiger partial charge in [0.25, 0.3) is 5.91 Å². The van der Waals surface area contributed by atoms with Crippen LogP contribution in [0.5, 0.6) is 0 Å². The zero-order chi connectivity index (χ0) is 12.0.